The Morgan fingerprint density at radius 3 is 1.40 bits per heavy atom. The Balaban J connectivity index is 1.27. The number of halogens is 7. The summed E-state index contributed by atoms with van der Waals surface area (Å²) in [6, 6.07) is 38.5. The molecule has 10 rings (SSSR count). The molecular formula is C56H37Cl7N4O3. The van der Waals surface area contributed by atoms with E-state index < -0.39 is 11.4 Å². The maximum Gasteiger partial charge on any atom is 0.313 e. The number of hydrogen-bond donors (Lipinski definition) is 3. The minimum atomic E-state index is -1.13. The third kappa shape index (κ3) is 9.01. The van der Waals surface area contributed by atoms with E-state index in [1.165, 1.54) is 0 Å². The summed E-state index contributed by atoms with van der Waals surface area (Å²) in [5.41, 5.74) is 9.43. The van der Waals surface area contributed by atoms with Crippen LogP contribution in [0.5, 0.6) is 5.75 Å². The smallest absolute Gasteiger partial charge is 0.313 e. The maximum absolute atomic E-state index is 12.7. The van der Waals surface area contributed by atoms with E-state index >= 15 is 0 Å². The van der Waals surface area contributed by atoms with Gasteiger partial charge < -0.3 is 19.8 Å². The molecule has 3 N–H and O–H groups in total. The molecule has 0 amide bonds. The van der Waals surface area contributed by atoms with E-state index in [0.29, 0.717) is 149 Å². The fourth-order valence-corrected chi connectivity index (χ4v) is 11.1. The number of aromatic nitrogens is 4. The zero-order chi connectivity index (χ0) is 48.8. The number of aliphatic carboxylic acids is 1. The zero-order valence-corrected chi connectivity index (χ0v) is 42.2. The second-order valence-corrected chi connectivity index (χ2v) is 19.8. The molecule has 348 valence electrons. The van der Waals surface area contributed by atoms with Gasteiger partial charge in [0.25, 0.3) is 0 Å². The SMILES string of the molecule is CC(CCCOc1cccc(Cl)c1-c1c2nc(c(-c3cc(Cl)cc(Cl)c3)c3ccc([nH]3)c(-c3c(Cl)cccc3Cl)c3nc(c(-c4c(Cl)cccc4Cl)c4ccc1[nH]4)C=C3)C=C2)(C(=O)O)c1ccccc1. The van der Waals surface area contributed by atoms with Crippen LogP contribution in [-0.4, -0.2) is 37.6 Å². The van der Waals surface area contributed by atoms with E-state index in [1.54, 1.807) is 55.5 Å². The highest BCUT2D eigenvalue weighted by Gasteiger charge is 2.34. The number of carboxylic acid groups (broad SMARTS) is 1. The lowest BCUT2D eigenvalue weighted by Gasteiger charge is -2.25. The quantitative estimate of drug-likeness (QED) is 0.112. The van der Waals surface area contributed by atoms with Gasteiger partial charge in [0.1, 0.15) is 5.75 Å². The van der Waals surface area contributed by atoms with Crippen molar-refractivity contribution in [3.63, 3.8) is 0 Å². The van der Waals surface area contributed by atoms with Crippen LogP contribution in [0.1, 0.15) is 48.1 Å². The van der Waals surface area contributed by atoms with E-state index in [-0.39, 0.29) is 6.61 Å². The Morgan fingerprint density at radius 2 is 0.929 bits per heavy atom. The molecular weight excluding hydrogens is 1020 g/mol. The molecule has 3 aromatic heterocycles. The van der Waals surface area contributed by atoms with E-state index in [4.69, 9.17) is 95.9 Å². The Hall–Kier alpha value is -6.00. The highest BCUT2D eigenvalue weighted by atomic mass is 35.5. The fraction of sp³-hybridized carbons (Fsp3) is 0.0893. The predicted molar refractivity (Wildman–Crippen MR) is 292 cm³/mol. The van der Waals surface area contributed by atoms with Crippen LogP contribution in [0.3, 0.4) is 0 Å². The lowest BCUT2D eigenvalue weighted by molar-refractivity contribution is -0.143. The lowest BCUT2D eigenvalue weighted by atomic mass is 9.79. The van der Waals surface area contributed by atoms with Gasteiger partial charge >= 0.3 is 5.97 Å². The molecule has 0 saturated heterocycles. The summed E-state index contributed by atoms with van der Waals surface area (Å²) >= 11 is 48.8. The summed E-state index contributed by atoms with van der Waals surface area (Å²) in [6.07, 6.45) is 8.42. The van der Waals surface area contributed by atoms with Crippen LogP contribution >= 0.6 is 81.2 Å². The molecule has 0 spiro atoms. The molecule has 0 radical (unpaired) electrons. The van der Waals surface area contributed by atoms with Crippen molar-refractivity contribution >= 4 is 134 Å². The first kappa shape index (κ1) is 47.7. The predicted octanol–water partition coefficient (Wildman–Crippen LogP) is 18.1. The number of nitrogens with zero attached hydrogens (tertiary/aromatic N) is 2. The normalized spacial score (nSPS) is 12.9. The number of aromatic amines is 2. The highest BCUT2D eigenvalue weighted by Crippen LogP contribution is 2.46. The minimum Gasteiger partial charge on any atom is -0.493 e. The second-order valence-electron chi connectivity index (χ2n) is 16.9. The molecule has 70 heavy (non-hydrogen) atoms. The van der Waals surface area contributed by atoms with Crippen LogP contribution in [0.25, 0.3) is 90.9 Å². The van der Waals surface area contributed by atoms with Gasteiger partial charge in [0, 0.05) is 71.1 Å². The lowest BCUT2D eigenvalue weighted by Crippen LogP contribution is -2.32. The van der Waals surface area contributed by atoms with Crippen molar-refractivity contribution in [2.45, 2.75) is 25.2 Å². The van der Waals surface area contributed by atoms with E-state index in [9.17, 15) is 9.90 Å². The Kier molecular flexibility index (Phi) is 13.4. The summed E-state index contributed by atoms with van der Waals surface area (Å²) in [5, 5.41) is 13.3. The van der Waals surface area contributed by atoms with E-state index in [2.05, 4.69) is 9.97 Å². The molecule has 8 bridgehead atoms. The van der Waals surface area contributed by atoms with Crippen molar-refractivity contribution in [3.05, 3.63) is 191 Å². The van der Waals surface area contributed by atoms with Crippen molar-refractivity contribution in [1.29, 1.82) is 0 Å². The second kappa shape index (κ2) is 19.7. The monoisotopic (exact) mass is 1060 g/mol. The molecule has 2 aliphatic heterocycles. The number of nitrogens with one attached hydrogen (secondary N) is 2. The van der Waals surface area contributed by atoms with Crippen molar-refractivity contribution < 1.29 is 14.6 Å². The van der Waals surface area contributed by atoms with Crippen molar-refractivity contribution in [2.75, 3.05) is 6.61 Å². The topological polar surface area (TPSA) is 104 Å². The van der Waals surface area contributed by atoms with Gasteiger partial charge in [-0.1, -0.05) is 130 Å². The summed E-state index contributed by atoms with van der Waals surface area (Å²) in [7, 11) is 0. The van der Waals surface area contributed by atoms with Crippen molar-refractivity contribution in [2.24, 2.45) is 0 Å². The zero-order valence-electron chi connectivity index (χ0n) is 36.9. The molecule has 7 nitrogen and oxygen atoms in total. The Bertz CT molecular complexity index is 3600. The molecule has 5 aromatic carbocycles. The number of carboxylic acids is 1. The summed E-state index contributed by atoms with van der Waals surface area (Å²) in [4.78, 5) is 30.7. The molecule has 2 aliphatic rings. The molecule has 1 atom stereocenters. The average molecular weight is 1060 g/mol. The van der Waals surface area contributed by atoms with Gasteiger partial charge in [0.15, 0.2) is 0 Å². The number of rotatable bonds is 11. The molecule has 0 fully saturated rings. The summed E-state index contributed by atoms with van der Waals surface area (Å²) in [6.45, 7) is 1.93. The third-order valence-electron chi connectivity index (χ3n) is 12.5. The average Bonchev–Trinajstić information content (AvgIpc) is 4.18. The van der Waals surface area contributed by atoms with Gasteiger partial charge in [-0.3, -0.25) is 4.79 Å². The largest absolute Gasteiger partial charge is 0.493 e. The Labute approximate surface area is 437 Å². The Morgan fingerprint density at radius 1 is 0.514 bits per heavy atom. The van der Waals surface area contributed by atoms with Crippen LogP contribution in [0.15, 0.2) is 127 Å². The van der Waals surface area contributed by atoms with Gasteiger partial charge in [0.05, 0.1) is 59.9 Å². The number of H-pyrrole nitrogens is 2. The maximum atomic E-state index is 12.7. The summed E-state index contributed by atoms with van der Waals surface area (Å²) < 4.78 is 6.61. The van der Waals surface area contributed by atoms with Gasteiger partial charge in [-0.2, -0.15) is 0 Å². The van der Waals surface area contributed by atoms with Crippen molar-refractivity contribution in [1.82, 2.24) is 19.9 Å². The minimum absolute atomic E-state index is 0.195. The molecule has 0 aliphatic carbocycles. The molecule has 14 heteroatoms. The molecule has 0 saturated carbocycles. The molecule has 5 heterocycles. The van der Waals surface area contributed by atoms with Gasteiger partial charge in [-0.05, 0) is 134 Å². The standard InChI is InChI=1S/C56H37Cl7N4O3/c1-56(55(68)69,31-9-3-2-4-10-31)25-8-26-70-47-16-7-15-38(63)51(47)54-45-20-18-40(65-45)48(30-27-32(57)29-33(58)28-30)39-17-19-41(64-39)52(49-34(59)11-5-12-35(49)60)42-21-22-43(66-42)53(44-23-24-46(54)67-44)50-36(61)13-6-14-37(50)62/h2-7,9-24,27-29,64,67H,8,25-26H2,1H3,(H,68,69). The number of ether oxygens (including phenoxy) is 1. The van der Waals surface area contributed by atoms with Gasteiger partial charge in [0.2, 0.25) is 0 Å². The van der Waals surface area contributed by atoms with Crippen LogP contribution in [0.4, 0.5) is 0 Å². The number of benzene rings is 5. The first-order valence-corrected chi connectivity index (χ1v) is 24.7. The number of fused-ring (bicyclic) bond motifs is 8. The van der Waals surface area contributed by atoms with Crippen LogP contribution in [0.2, 0.25) is 35.2 Å². The first-order chi connectivity index (χ1) is 33.8. The third-order valence-corrected chi connectivity index (χ3v) is 14.5. The van der Waals surface area contributed by atoms with Gasteiger partial charge in [-0.25, -0.2) is 9.97 Å². The number of carbonyl (C=O) groups is 1. The van der Waals surface area contributed by atoms with Crippen LogP contribution in [0, 0.1) is 0 Å². The summed E-state index contributed by atoms with van der Waals surface area (Å²) in [5.74, 6) is -0.446. The van der Waals surface area contributed by atoms with Crippen LogP contribution < -0.4 is 4.74 Å². The van der Waals surface area contributed by atoms with E-state index in [0.717, 1.165) is 0 Å². The first-order valence-electron chi connectivity index (χ1n) is 22.0. The molecule has 8 aromatic rings. The van der Waals surface area contributed by atoms with Crippen molar-refractivity contribution in [3.8, 4) is 50.3 Å². The van der Waals surface area contributed by atoms with Crippen LogP contribution in [-0.2, 0) is 10.2 Å². The highest BCUT2D eigenvalue weighted by molar-refractivity contribution is 6.41. The number of hydrogen-bond acceptors (Lipinski definition) is 4. The van der Waals surface area contributed by atoms with E-state index in [1.807, 2.05) is 103 Å². The molecule has 1 unspecified atom stereocenters. The van der Waals surface area contributed by atoms with Gasteiger partial charge in [-0.15, -0.1) is 0 Å². The fourth-order valence-electron chi connectivity index (χ4n) is 9.13.